The molecule has 0 amide bonds. The number of H-pyrrole nitrogens is 1. The van der Waals surface area contributed by atoms with E-state index in [1.54, 1.807) is 0 Å². The molecule has 0 aliphatic heterocycles. The van der Waals surface area contributed by atoms with Crippen molar-refractivity contribution in [1.82, 2.24) is 15.2 Å². The first kappa shape index (κ1) is 16.5. The summed E-state index contributed by atoms with van der Waals surface area (Å²) in [4.78, 5) is 33.4. The van der Waals surface area contributed by atoms with Crippen molar-refractivity contribution in [2.45, 2.75) is 6.92 Å². The Morgan fingerprint density at radius 2 is 2.00 bits per heavy atom. The predicted octanol–water partition coefficient (Wildman–Crippen LogP) is 0.441. The summed E-state index contributed by atoms with van der Waals surface area (Å²) in [6, 6.07) is 1.53. The third-order valence-corrected chi connectivity index (χ3v) is 2.75. The second-order valence-corrected chi connectivity index (χ2v) is 4.38. The molecule has 0 aliphatic carbocycles. The van der Waals surface area contributed by atoms with Crippen molar-refractivity contribution < 1.29 is 15.0 Å². The van der Waals surface area contributed by atoms with Crippen LogP contribution in [-0.2, 0) is 0 Å². The van der Waals surface area contributed by atoms with Gasteiger partial charge in [0.15, 0.2) is 0 Å². The van der Waals surface area contributed by atoms with Gasteiger partial charge in [-0.3, -0.25) is 30.0 Å². The zero-order valence-electron chi connectivity index (χ0n) is 12.0. The van der Waals surface area contributed by atoms with E-state index in [0.717, 1.165) is 12.3 Å². The zero-order chi connectivity index (χ0) is 17.9. The number of phenols is 1. The van der Waals surface area contributed by atoms with Gasteiger partial charge in [0, 0.05) is 6.07 Å². The number of hydrogen-bond donors (Lipinski definition) is 3. The van der Waals surface area contributed by atoms with E-state index >= 15 is 0 Å². The first-order valence-corrected chi connectivity index (χ1v) is 6.18. The quantitative estimate of drug-likeness (QED) is 0.395. The van der Waals surface area contributed by atoms with Crippen LogP contribution in [0.5, 0.6) is 5.75 Å². The second kappa shape index (κ2) is 6.47. The van der Waals surface area contributed by atoms with Gasteiger partial charge in [-0.05, 0) is 6.92 Å². The molecule has 2 aromatic rings. The summed E-state index contributed by atoms with van der Waals surface area (Å²) in [6.45, 7) is 1.44. The topological polar surface area (TPSA) is 190 Å². The van der Waals surface area contributed by atoms with Crippen LogP contribution in [0.1, 0.15) is 11.3 Å². The number of nitrogens with one attached hydrogen (secondary N) is 2. The Labute approximate surface area is 132 Å². The Morgan fingerprint density at radius 3 is 2.58 bits per heavy atom. The van der Waals surface area contributed by atoms with Crippen LogP contribution in [0.3, 0.4) is 0 Å². The molecule has 0 saturated heterocycles. The number of non-ortho nitro benzene ring substituents is 1. The van der Waals surface area contributed by atoms with Gasteiger partial charge in [-0.25, -0.2) is 5.43 Å². The third kappa shape index (κ3) is 3.46. The van der Waals surface area contributed by atoms with Gasteiger partial charge in [0.2, 0.25) is 11.7 Å². The number of aromatic nitrogens is 3. The van der Waals surface area contributed by atoms with Gasteiger partial charge >= 0.3 is 5.69 Å². The molecular formula is C11H9N7O6. The number of benzene rings is 1. The zero-order valence-corrected chi connectivity index (χ0v) is 12.0. The highest BCUT2D eigenvalue weighted by Gasteiger charge is 2.23. The molecule has 0 spiro atoms. The maximum atomic E-state index is 11.3. The highest BCUT2D eigenvalue weighted by atomic mass is 16.6. The molecule has 0 saturated carbocycles. The van der Waals surface area contributed by atoms with E-state index in [1.807, 2.05) is 0 Å². The largest absolute Gasteiger partial charge is 0.502 e. The molecule has 0 radical (unpaired) electrons. The van der Waals surface area contributed by atoms with Crippen molar-refractivity contribution >= 4 is 23.5 Å². The van der Waals surface area contributed by atoms with E-state index in [1.165, 1.54) is 6.92 Å². The maximum Gasteiger partial charge on any atom is 0.318 e. The van der Waals surface area contributed by atoms with Gasteiger partial charge in [-0.15, -0.1) is 10.2 Å². The monoisotopic (exact) mass is 335 g/mol. The number of nitro benzene ring substituents is 2. The molecule has 0 aliphatic rings. The van der Waals surface area contributed by atoms with Crippen LogP contribution in [0.25, 0.3) is 0 Å². The van der Waals surface area contributed by atoms with Gasteiger partial charge in [0.25, 0.3) is 11.2 Å². The van der Waals surface area contributed by atoms with Crippen molar-refractivity contribution in [3.8, 4) is 5.75 Å². The van der Waals surface area contributed by atoms with Crippen LogP contribution in [-0.4, -0.2) is 36.3 Å². The molecule has 2 rings (SSSR count). The molecule has 0 bridgehead atoms. The van der Waals surface area contributed by atoms with E-state index in [0.29, 0.717) is 6.07 Å². The Hall–Kier alpha value is -3.90. The Kier molecular flexibility index (Phi) is 4.44. The molecule has 1 aromatic heterocycles. The Morgan fingerprint density at radius 1 is 1.29 bits per heavy atom. The van der Waals surface area contributed by atoms with Gasteiger partial charge in [0.05, 0.1) is 27.7 Å². The molecule has 13 nitrogen and oxygen atoms in total. The lowest BCUT2D eigenvalue weighted by molar-refractivity contribution is -0.394. The fourth-order valence-electron chi connectivity index (χ4n) is 1.58. The fraction of sp³-hybridized carbons (Fsp3) is 0.0909. The van der Waals surface area contributed by atoms with Crippen molar-refractivity contribution in [2.75, 3.05) is 5.43 Å². The Bertz CT molecular complexity index is 906. The van der Waals surface area contributed by atoms with Crippen molar-refractivity contribution in [1.29, 1.82) is 0 Å². The Balaban J connectivity index is 2.33. The van der Waals surface area contributed by atoms with Crippen LogP contribution >= 0.6 is 0 Å². The molecule has 24 heavy (non-hydrogen) atoms. The summed E-state index contributed by atoms with van der Waals surface area (Å²) >= 11 is 0. The normalized spacial score (nSPS) is 10.7. The smallest absolute Gasteiger partial charge is 0.318 e. The van der Waals surface area contributed by atoms with E-state index in [2.05, 4.69) is 25.7 Å². The van der Waals surface area contributed by atoms with E-state index in [4.69, 9.17) is 0 Å². The number of nitro groups is 2. The van der Waals surface area contributed by atoms with Crippen LogP contribution in [0.2, 0.25) is 0 Å². The highest BCUT2D eigenvalue weighted by molar-refractivity contribution is 5.87. The third-order valence-electron chi connectivity index (χ3n) is 2.75. The molecule has 3 N–H and O–H groups in total. The molecule has 1 heterocycles. The molecule has 0 fully saturated rings. The molecule has 124 valence electrons. The molecule has 1 aromatic carbocycles. The van der Waals surface area contributed by atoms with Gasteiger partial charge in [-0.2, -0.15) is 5.10 Å². The number of aromatic amines is 1. The average molecular weight is 335 g/mol. The molecule has 0 unspecified atom stereocenters. The number of anilines is 1. The predicted molar refractivity (Wildman–Crippen MR) is 80.0 cm³/mol. The van der Waals surface area contributed by atoms with Gasteiger partial charge < -0.3 is 5.11 Å². The SMILES string of the molecule is Cc1nnc(N/N=C/c2cc([N+](=O)[O-])cc([N+](=O)[O-])c2O)[nH]c1=O. The van der Waals surface area contributed by atoms with Gasteiger partial charge in [-0.1, -0.05) is 0 Å². The summed E-state index contributed by atoms with van der Waals surface area (Å²) in [7, 11) is 0. The van der Waals surface area contributed by atoms with Crippen LogP contribution < -0.4 is 11.0 Å². The maximum absolute atomic E-state index is 11.3. The average Bonchev–Trinajstić information content (AvgIpc) is 2.51. The summed E-state index contributed by atoms with van der Waals surface area (Å²) in [5, 5.41) is 42.1. The van der Waals surface area contributed by atoms with E-state index < -0.39 is 32.5 Å². The van der Waals surface area contributed by atoms with Crippen molar-refractivity contribution in [3.05, 3.63) is 54.0 Å². The lowest BCUT2D eigenvalue weighted by atomic mass is 10.1. The lowest BCUT2D eigenvalue weighted by Gasteiger charge is -2.01. The standard InChI is InChI=1S/C11H9N7O6/c1-5-10(20)13-11(16-14-5)15-12-4-6-2-7(17(21)22)3-8(9(6)19)18(23)24/h2-4,19H,1H3,(H2,13,15,16,20)/b12-4+. The summed E-state index contributed by atoms with van der Waals surface area (Å²) in [5.41, 5.74) is 0.203. The number of rotatable bonds is 5. The minimum absolute atomic E-state index is 0.124. The summed E-state index contributed by atoms with van der Waals surface area (Å²) in [5.74, 6) is -0.916. The van der Waals surface area contributed by atoms with E-state index in [-0.39, 0.29) is 17.2 Å². The highest BCUT2D eigenvalue weighted by Crippen LogP contribution is 2.33. The van der Waals surface area contributed by atoms with Crippen LogP contribution in [0, 0.1) is 27.2 Å². The number of phenolic OH excluding ortho intramolecular Hbond substituents is 1. The minimum atomic E-state index is -0.962. The van der Waals surface area contributed by atoms with Crippen molar-refractivity contribution in [3.63, 3.8) is 0 Å². The molecule has 0 atom stereocenters. The molecular weight excluding hydrogens is 326 g/mol. The van der Waals surface area contributed by atoms with E-state index in [9.17, 15) is 30.1 Å². The van der Waals surface area contributed by atoms with Crippen LogP contribution in [0.4, 0.5) is 17.3 Å². The first-order chi connectivity index (χ1) is 11.3. The number of aromatic hydroxyl groups is 1. The van der Waals surface area contributed by atoms with Gasteiger partial charge in [0.1, 0.15) is 5.69 Å². The number of hydrogen-bond acceptors (Lipinski definition) is 10. The second-order valence-electron chi connectivity index (χ2n) is 4.38. The molecule has 13 heteroatoms. The number of aryl methyl sites for hydroxylation is 1. The van der Waals surface area contributed by atoms with Crippen molar-refractivity contribution in [2.24, 2.45) is 5.10 Å². The minimum Gasteiger partial charge on any atom is -0.502 e. The summed E-state index contributed by atoms with van der Waals surface area (Å²) < 4.78 is 0. The summed E-state index contributed by atoms with van der Waals surface area (Å²) in [6.07, 6.45) is 0.898. The fourth-order valence-corrected chi connectivity index (χ4v) is 1.58. The number of nitrogens with zero attached hydrogens (tertiary/aromatic N) is 5. The lowest BCUT2D eigenvalue weighted by Crippen LogP contribution is -2.15. The van der Waals surface area contributed by atoms with Crippen LogP contribution in [0.15, 0.2) is 22.0 Å². The first-order valence-electron chi connectivity index (χ1n) is 6.18. The number of hydrazone groups is 1.